The van der Waals surface area contributed by atoms with Crippen molar-refractivity contribution in [1.82, 2.24) is 21.3 Å². The first kappa shape index (κ1) is 32.0. The highest BCUT2D eigenvalue weighted by molar-refractivity contribution is 8.76. The van der Waals surface area contributed by atoms with Crippen LogP contribution in [0.2, 0.25) is 0 Å². The van der Waals surface area contributed by atoms with Gasteiger partial charge in [0.2, 0.25) is 23.6 Å². The van der Waals surface area contributed by atoms with E-state index in [0.717, 1.165) is 0 Å². The van der Waals surface area contributed by atoms with Crippen LogP contribution in [0, 0.1) is 17.8 Å². The van der Waals surface area contributed by atoms with Crippen LogP contribution in [0.25, 0.3) is 0 Å². The second-order valence-electron chi connectivity index (χ2n) is 9.86. The summed E-state index contributed by atoms with van der Waals surface area (Å²) in [5.41, 5.74) is 5.98. The van der Waals surface area contributed by atoms with Crippen molar-refractivity contribution in [3.63, 3.8) is 0 Å². The van der Waals surface area contributed by atoms with Crippen molar-refractivity contribution in [2.75, 3.05) is 11.5 Å². The van der Waals surface area contributed by atoms with E-state index in [-0.39, 0.29) is 29.9 Å². The molecule has 0 aromatic carbocycles. The molecule has 0 aromatic rings. The molecule has 0 unspecified atom stereocenters. The van der Waals surface area contributed by atoms with Crippen molar-refractivity contribution < 1.29 is 29.1 Å². The van der Waals surface area contributed by atoms with Gasteiger partial charge in [-0.15, -0.1) is 0 Å². The summed E-state index contributed by atoms with van der Waals surface area (Å²) < 4.78 is 0. The maximum absolute atomic E-state index is 13.0. The zero-order valence-electron chi connectivity index (χ0n) is 21.8. The van der Waals surface area contributed by atoms with E-state index in [1.807, 2.05) is 27.7 Å². The highest BCUT2D eigenvalue weighted by Crippen LogP contribution is 2.25. The third kappa shape index (κ3) is 10.2. The van der Waals surface area contributed by atoms with Gasteiger partial charge in [-0.2, -0.15) is 0 Å². The molecule has 0 bridgehead atoms. The zero-order valence-corrected chi connectivity index (χ0v) is 23.5. The van der Waals surface area contributed by atoms with Crippen LogP contribution in [-0.2, 0) is 24.0 Å². The molecule has 0 saturated carbocycles. The minimum Gasteiger partial charge on any atom is -0.480 e. The highest BCUT2D eigenvalue weighted by Gasteiger charge is 2.34. The fourth-order valence-corrected chi connectivity index (χ4v) is 5.72. The molecular weight excluding hydrogens is 506 g/mol. The number of aliphatic carboxylic acids is 1. The first-order valence-corrected chi connectivity index (χ1v) is 14.7. The van der Waals surface area contributed by atoms with Crippen LogP contribution < -0.4 is 27.0 Å². The first-order valence-electron chi connectivity index (χ1n) is 12.2. The Morgan fingerprint density at radius 2 is 1.67 bits per heavy atom. The molecule has 1 fully saturated rings. The number of hydrogen-bond acceptors (Lipinski definition) is 8. The van der Waals surface area contributed by atoms with E-state index in [1.54, 1.807) is 13.8 Å². The van der Waals surface area contributed by atoms with E-state index in [4.69, 9.17) is 5.73 Å². The summed E-state index contributed by atoms with van der Waals surface area (Å²) in [6, 6.07) is -4.62. The lowest BCUT2D eigenvalue weighted by atomic mass is 9.99. The highest BCUT2D eigenvalue weighted by atomic mass is 33.1. The summed E-state index contributed by atoms with van der Waals surface area (Å²) in [7, 11) is 2.72. The summed E-state index contributed by atoms with van der Waals surface area (Å²) in [5.74, 6) is -3.02. The minimum absolute atomic E-state index is 0.0475. The summed E-state index contributed by atoms with van der Waals surface area (Å²) in [6.45, 7) is 10.9. The number of rotatable bonds is 12. The second kappa shape index (κ2) is 15.3. The number of carbonyl (C=O) groups excluding carboxylic acids is 4. The molecule has 206 valence electrons. The standard InChI is InChI=1S/C23H41N5O6S2/c1-7-13(6)17(24)21(31)27-15-9-35-36-10-16(26-19(15)29)20(30)28-18(12(4)5)22(32)25-14(23(33)34)8-11(2)3/h11-18H,7-10,24H2,1-6H3,(H,25,32)(H,26,29)(H,27,31)(H,28,30)(H,33,34)/t13-,14+,15+,16+,17-,18-/m0/s1. The van der Waals surface area contributed by atoms with Gasteiger partial charge in [-0.25, -0.2) is 4.79 Å². The lowest BCUT2D eigenvalue weighted by molar-refractivity contribution is -0.143. The van der Waals surface area contributed by atoms with Crippen LogP contribution in [0.1, 0.15) is 54.4 Å². The minimum atomic E-state index is -1.15. The summed E-state index contributed by atoms with van der Waals surface area (Å²) >= 11 is 0. The lowest BCUT2D eigenvalue weighted by Crippen LogP contribution is -2.61. The van der Waals surface area contributed by atoms with Crippen LogP contribution in [-0.4, -0.2) is 76.4 Å². The molecule has 1 aliphatic rings. The largest absolute Gasteiger partial charge is 0.480 e. The van der Waals surface area contributed by atoms with Crippen molar-refractivity contribution in [3.8, 4) is 0 Å². The van der Waals surface area contributed by atoms with Crippen LogP contribution in [0.15, 0.2) is 0 Å². The number of amides is 4. The Morgan fingerprint density at radius 1 is 1.06 bits per heavy atom. The van der Waals surface area contributed by atoms with Crippen LogP contribution in [0.5, 0.6) is 0 Å². The molecule has 0 spiro atoms. The molecule has 0 aliphatic carbocycles. The Bertz CT molecular complexity index is 797. The van der Waals surface area contributed by atoms with Crippen LogP contribution >= 0.6 is 21.6 Å². The van der Waals surface area contributed by atoms with Crippen LogP contribution in [0.4, 0.5) is 0 Å². The van der Waals surface area contributed by atoms with Crippen molar-refractivity contribution in [2.24, 2.45) is 23.5 Å². The molecule has 0 aromatic heterocycles. The number of carbonyl (C=O) groups is 5. The summed E-state index contributed by atoms with van der Waals surface area (Å²) in [6.07, 6.45) is 0.966. The average molecular weight is 548 g/mol. The Balaban J connectivity index is 2.87. The topological polar surface area (TPSA) is 180 Å². The predicted octanol–water partition coefficient (Wildman–Crippen LogP) is 0.481. The van der Waals surface area contributed by atoms with Gasteiger partial charge in [0.15, 0.2) is 0 Å². The fraction of sp³-hybridized carbons (Fsp3) is 0.783. The monoisotopic (exact) mass is 547 g/mol. The molecule has 7 N–H and O–H groups in total. The number of carboxylic acids is 1. The molecule has 1 aliphatic heterocycles. The normalized spacial score (nSPS) is 21.9. The second-order valence-corrected chi connectivity index (χ2v) is 12.4. The van der Waals surface area contributed by atoms with Crippen molar-refractivity contribution >= 4 is 51.2 Å². The van der Waals surface area contributed by atoms with Crippen molar-refractivity contribution in [2.45, 2.75) is 84.6 Å². The van der Waals surface area contributed by atoms with Crippen LogP contribution in [0.3, 0.4) is 0 Å². The van der Waals surface area contributed by atoms with Crippen molar-refractivity contribution in [3.05, 3.63) is 0 Å². The van der Waals surface area contributed by atoms with Gasteiger partial charge in [0, 0.05) is 11.5 Å². The molecule has 11 nitrogen and oxygen atoms in total. The molecule has 36 heavy (non-hydrogen) atoms. The number of carboxylic acid groups (broad SMARTS) is 1. The SMILES string of the molecule is CC[C@H](C)[C@H](N)C(=O)N[C@@H]1CSSC[C@H](C(=O)N[C@H](C(=O)N[C@H](CC(C)C)C(=O)O)C(C)C)NC1=O. The van der Waals surface area contributed by atoms with Gasteiger partial charge in [-0.3, -0.25) is 19.2 Å². The predicted molar refractivity (Wildman–Crippen MR) is 142 cm³/mol. The quantitative estimate of drug-likeness (QED) is 0.189. The Morgan fingerprint density at radius 3 is 2.19 bits per heavy atom. The Labute approximate surface area is 221 Å². The Kier molecular flexibility index (Phi) is 13.6. The molecule has 1 heterocycles. The smallest absolute Gasteiger partial charge is 0.326 e. The maximum Gasteiger partial charge on any atom is 0.326 e. The van der Waals surface area contributed by atoms with E-state index >= 15 is 0 Å². The van der Waals surface area contributed by atoms with Gasteiger partial charge < -0.3 is 32.1 Å². The van der Waals surface area contributed by atoms with E-state index in [2.05, 4.69) is 21.3 Å². The summed E-state index contributed by atoms with van der Waals surface area (Å²) in [4.78, 5) is 62.8. The van der Waals surface area contributed by atoms with Gasteiger partial charge in [-0.05, 0) is 24.2 Å². The molecule has 0 radical (unpaired) electrons. The van der Waals surface area contributed by atoms with Gasteiger partial charge >= 0.3 is 5.97 Å². The van der Waals surface area contributed by atoms with Gasteiger partial charge in [0.1, 0.15) is 24.2 Å². The van der Waals surface area contributed by atoms with E-state index in [0.29, 0.717) is 12.2 Å². The molecular formula is C23H41N5O6S2. The van der Waals surface area contributed by atoms with E-state index < -0.39 is 59.8 Å². The van der Waals surface area contributed by atoms with Gasteiger partial charge in [-0.1, -0.05) is 69.6 Å². The molecule has 4 amide bonds. The molecule has 1 saturated heterocycles. The molecule has 13 heteroatoms. The Hall–Kier alpha value is -1.99. The molecule has 6 atom stereocenters. The maximum atomic E-state index is 13.0. The average Bonchev–Trinajstić information content (AvgIpc) is 2.79. The number of hydrogen-bond donors (Lipinski definition) is 6. The molecule has 1 rings (SSSR count). The first-order chi connectivity index (χ1) is 16.8. The number of nitrogens with one attached hydrogen (secondary N) is 4. The van der Waals surface area contributed by atoms with E-state index in [1.165, 1.54) is 21.6 Å². The van der Waals surface area contributed by atoms with Crippen molar-refractivity contribution in [1.29, 1.82) is 0 Å². The van der Waals surface area contributed by atoms with E-state index in [9.17, 15) is 29.1 Å². The summed E-state index contributed by atoms with van der Waals surface area (Å²) in [5, 5.41) is 19.9. The fourth-order valence-electron chi connectivity index (χ4n) is 3.39. The third-order valence-corrected chi connectivity index (χ3v) is 8.37. The van der Waals surface area contributed by atoms with Gasteiger partial charge in [0.05, 0.1) is 6.04 Å². The van der Waals surface area contributed by atoms with Gasteiger partial charge in [0.25, 0.3) is 0 Å². The third-order valence-electron chi connectivity index (χ3n) is 5.95. The lowest BCUT2D eigenvalue weighted by Gasteiger charge is -2.29. The zero-order chi connectivity index (χ0) is 27.6. The number of nitrogens with two attached hydrogens (primary N) is 1.